The van der Waals surface area contributed by atoms with E-state index in [1.807, 2.05) is 36.4 Å². The van der Waals surface area contributed by atoms with E-state index in [1.165, 1.54) is 0 Å². The third kappa shape index (κ3) is 2.81. The molecule has 0 unspecified atom stereocenters. The minimum Gasteiger partial charge on any atom is -0.497 e. The summed E-state index contributed by atoms with van der Waals surface area (Å²) in [5.74, 6) is 1.38. The van der Waals surface area contributed by atoms with Gasteiger partial charge in [0.1, 0.15) is 17.7 Å². The molecule has 1 aliphatic rings. The number of nitrogens with zero attached hydrogens (tertiary/aromatic N) is 2. The van der Waals surface area contributed by atoms with E-state index in [0.29, 0.717) is 11.9 Å². The van der Waals surface area contributed by atoms with Crippen molar-refractivity contribution in [3.8, 4) is 28.5 Å². The van der Waals surface area contributed by atoms with Crippen LogP contribution in [0.15, 0.2) is 53.1 Å². The molecule has 0 amide bonds. The highest BCUT2D eigenvalue weighted by molar-refractivity contribution is 5.78. The van der Waals surface area contributed by atoms with Crippen LogP contribution < -0.4 is 20.7 Å². The van der Waals surface area contributed by atoms with Crippen LogP contribution in [0.1, 0.15) is 13.8 Å². The Bertz CT molecular complexity index is 904. The Kier molecular flexibility index (Phi) is 3.82. The third-order valence-corrected chi connectivity index (χ3v) is 4.20. The summed E-state index contributed by atoms with van der Waals surface area (Å²) < 4.78 is 11.0. The van der Waals surface area contributed by atoms with Crippen LogP contribution in [0.3, 0.4) is 0 Å². The topological polar surface area (TPSA) is 62.6 Å². The Morgan fingerprint density at radius 3 is 2.80 bits per heavy atom. The molecule has 0 radical (unpaired) electrons. The van der Waals surface area contributed by atoms with Crippen LogP contribution in [0.4, 0.5) is 11.4 Å². The van der Waals surface area contributed by atoms with E-state index in [4.69, 9.17) is 9.15 Å². The predicted octanol–water partition coefficient (Wildman–Crippen LogP) is 4.08. The van der Waals surface area contributed by atoms with E-state index < -0.39 is 0 Å². The van der Waals surface area contributed by atoms with Gasteiger partial charge in [-0.05, 0) is 44.2 Å². The molecule has 6 nitrogen and oxygen atoms in total. The Morgan fingerprint density at radius 2 is 2.00 bits per heavy atom. The highest BCUT2D eigenvalue weighted by Gasteiger charge is 2.22. The van der Waals surface area contributed by atoms with Crippen molar-refractivity contribution in [1.29, 1.82) is 0 Å². The van der Waals surface area contributed by atoms with Crippen molar-refractivity contribution in [2.75, 3.05) is 17.5 Å². The molecule has 6 heteroatoms. The summed E-state index contributed by atoms with van der Waals surface area (Å²) in [6.45, 7) is 4.26. The summed E-state index contributed by atoms with van der Waals surface area (Å²) >= 11 is 0. The lowest BCUT2D eigenvalue weighted by Gasteiger charge is -2.21. The molecule has 0 saturated carbocycles. The number of hydrazine groups is 2. The Morgan fingerprint density at radius 1 is 1.12 bits per heavy atom. The summed E-state index contributed by atoms with van der Waals surface area (Å²) in [5.41, 5.74) is 11.1. The average Bonchev–Trinajstić information content (AvgIpc) is 3.28. The van der Waals surface area contributed by atoms with Gasteiger partial charge in [-0.1, -0.05) is 12.1 Å². The van der Waals surface area contributed by atoms with Crippen LogP contribution in [-0.4, -0.2) is 18.1 Å². The molecule has 128 valence electrons. The molecule has 0 aliphatic carbocycles. The third-order valence-electron chi connectivity index (χ3n) is 4.20. The minimum absolute atomic E-state index is 0.348. The monoisotopic (exact) mass is 336 g/mol. The largest absolute Gasteiger partial charge is 0.497 e. The lowest BCUT2D eigenvalue weighted by molar-refractivity contribution is 0.415. The maximum Gasteiger partial charge on any atom is 0.226 e. The number of hydrogen-bond acceptors (Lipinski definition) is 6. The molecule has 1 aliphatic heterocycles. The summed E-state index contributed by atoms with van der Waals surface area (Å²) in [5, 5.41) is 2.08. The number of fused-ring (bicyclic) bond motifs is 1. The normalized spacial score (nSPS) is 13.0. The lowest BCUT2D eigenvalue weighted by Crippen LogP contribution is -2.41. The highest BCUT2D eigenvalue weighted by Crippen LogP contribution is 2.35. The van der Waals surface area contributed by atoms with Gasteiger partial charge in [-0.2, -0.15) is 0 Å². The second kappa shape index (κ2) is 6.14. The van der Waals surface area contributed by atoms with Crippen LogP contribution in [-0.2, 0) is 0 Å². The highest BCUT2D eigenvalue weighted by atomic mass is 16.5. The van der Waals surface area contributed by atoms with Gasteiger partial charge >= 0.3 is 0 Å². The van der Waals surface area contributed by atoms with E-state index in [2.05, 4.69) is 40.9 Å². The van der Waals surface area contributed by atoms with Crippen molar-refractivity contribution in [2.24, 2.45) is 0 Å². The maximum atomic E-state index is 5.70. The molecule has 0 bridgehead atoms. The molecule has 0 fully saturated rings. The van der Waals surface area contributed by atoms with Gasteiger partial charge in [-0.3, -0.25) is 5.01 Å². The Balaban J connectivity index is 1.65. The van der Waals surface area contributed by atoms with E-state index in [9.17, 15) is 0 Å². The smallest absolute Gasteiger partial charge is 0.226 e. The zero-order valence-electron chi connectivity index (χ0n) is 14.4. The van der Waals surface area contributed by atoms with E-state index in [-0.39, 0.29) is 0 Å². The van der Waals surface area contributed by atoms with E-state index in [1.54, 1.807) is 13.4 Å². The van der Waals surface area contributed by atoms with E-state index in [0.717, 1.165) is 33.9 Å². The molecule has 0 spiro atoms. The number of benzene rings is 2. The number of nitrogens with one attached hydrogen (secondary N) is 2. The first-order valence-electron chi connectivity index (χ1n) is 8.21. The maximum absolute atomic E-state index is 5.70. The zero-order chi connectivity index (χ0) is 17.4. The first kappa shape index (κ1) is 15.5. The molecule has 1 aromatic heterocycles. The zero-order valence-corrected chi connectivity index (χ0v) is 14.4. The molecule has 0 saturated heterocycles. The fraction of sp³-hybridized carbons (Fsp3) is 0.211. The number of anilines is 2. The molecular formula is C19H20N4O2. The number of hydrogen-bond donors (Lipinski definition) is 2. The molecule has 0 atom stereocenters. The molecular weight excluding hydrogens is 316 g/mol. The van der Waals surface area contributed by atoms with Gasteiger partial charge in [-0.25, -0.2) is 4.98 Å². The predicted molar refractivity (Wildman–Crippen MR) is 98.3 cm³/mol. The van der Waals surface area contributed by atoms with Crippen LogP contribution in [0.2, 0.25) is 0 Å². The van der Waals surface area contributed by atoms with Crippen LogP contribution >= 0.6 is 0 Å². The Labute approximate surface area is 146 Å². The molecule has 2 aromatic carbocycles. The van der Waals surface area contributed by atoms with Crippen molar-refractivity contribution in [2.45, 2.75) is 19.9 Å². The quantitative estimate of drug-likeness (QED) is 0.749. The number of ether oxygens (including phenoxy) is 1. The van der Waals surface area contributed by atoms with Gasteiger partial charge in [0.2, 0.25) is 5.89 Å². The van der Waals surface area contributed by atoms with Crippen molar-refractivity contribution < 1.29 is 9.15 Å². The molecule has 3 aromatic rings. The molecule has 25 heavy (non-hydrogen) atoms. The first-order chi connectivity index (χ1) is 12.2. The standard InChI is InChI=1S/C19H20N4O2/c1-12(2)23-18-8-7-14(10-16(18)21-22-23)19-20-17(11-25-19)13-5-4-6-15(9-13)24-3/h4-12,21-22H,1-3H3. The summed E-state index contributed by atoms with van der Waals surface area (Å²) in [6.07, 6.45) is 1.67. The lowest BCUT2D eigenvalue weighted by atomic mass is 10.1. The van der Waals surface area contributed by atoms with Crippen molar-refractivity contribution in [3.05, 3.63) is 48.7 Å². The fourth-order valence-electron chi connectivity index (χ4n) is 2.89. The van der Waals surface area contributed by atoms with E-state index >= 15 is 0 Å². The summed E-state index contributed by atoms with van der Waals surface area (Å²) in [6, 6.07) is 14.2. The van der Waals surface area contributed by atoms with Crippen molar-refractivity contribution in [3.63, 3.8) is 0 Å². The van der Waals surface area contributed by atoms with Gasteiger partial charge in [0.25, 0.3) is 0 Å². The minimum atomic E-state index is 0.348. The van der Waals surface area contributed by atoms with Crippen LogP contribution in [0.25, 0.3) is 22.7 Å². The van der Waals surface area contributed by atoms with Gasteiger partial charge in [-0.15, -0.1) is 5.53 Å². The second-order valence-corrected chi connectivity index (χ2v) is 6.20. The SMILES string of the molecule is COc1cccc(-c2coc(-c3ccc4c(c3)NNN4C(C)C)n2)c1. The summed E-state index contributed by atoms with van der Waals surface area (Å²) in [4.78, 5) is 4.62. The van der Waals surface area contributed by atoms with Crippen LogP contribution in [0.5, 0.6) is 5.75 Å². The Hall–Kier alpha value is -2.99. The summed E-state index contributed by atoms with van der Waals surface area (Å²) in [7, 11) is 1.65. The van der Waals surface area contributed by atoms with Crippen molar-refractivity contribution >= 4 is 11.4 Å². The fourth-order valence-corrected chi connectivity index (χ4v) is 2.89. The number of rotatable bonds is 4. The number of aromatic nitrogens is 1. The van der Waals surface area contributed by atoms with Crippen molar-refractivity contribution in [1.82, 2.24) is 10.5 Å². The molecule has 2 N–H and O–H groups in total. The van der Waals surface area contributed by atoms with Crippen LogP contribution in [0, 0.1) is 0 Å². The number of methoxy groups -OCH3 is 1. The number of oxazole rings is 1. The van der Waals surface area contributed by atoms with Gasteiger partial charge < -0.3 is 14.6 Å². The average molecular weight is 336 g/mol. The second-order valence-electron chi connectivity index (χ2n) is 6.20. The molecule has 4 rings (SSSR count). The van der Waals surface area contributed by atoms with Gasteiger partial charge in [0.15, 0.2) is 0 Å². The first-order valence-corrected chi connectivity index (χ1v) is 8.21. The van der Waals surface area contributed by atoms with Gasteiger partial charge in [0, 0.05) is 17.2 Å². The van der Waals surface area contributed by atoms with Gasteiger partial charge in [0.05, 0.1) is 18.5 Å². The molecule has 2 heterocycles.